The Hall–Kier alpha value is -3.32. The van der Waals surface area contributed by atoms with Crippen molar-refractivity contribution in [2.45, 2.75) is 19.8 Å². The lowest BCUT2D eigenvalue weighted by Crippen LogP contribution is -2.12. The number of benzene rings is 2. The van der Waals surface area contributed by atoms with Gasteiger partial charge in [0, 0.05) is 12.8 Å². The van der Waals surface area contributed by atoms with Crippen LogP contribution in [0, 0.1) is 12.7 Å². The number of hydrogen-bond donors (Lipinski definition) is 1. The Bertz CT molecular complexity index is 1260. The monoisotopic (exact) mass is 422 g/mol. The molecule has 0 spiro atoms. The smallest absolute Gasteiger partial charge is 0.348 e. The van der Waals surface area contributed by atoms with Gasteiger partial charge >= 0.3 is 5.97 Å². The van der Waals surface area contributed by atoms with Gasteiger partial charge in [0.05, 0.1) is 12.0 Å². The van der Waals surface area contributed by atoms with Crippen molar-refractivity contribution in [2.75, 3.05) is 6.61 Å². The number of ether oxygens (including phenoxy) is 1. The second-order valence-electron chi connectivity index (χ2n) is 6.89. The van der Waals surface area contributed by atoms with E-state index in [0.717, 1.165) is 16.9 Å². The van der Waals surface area contributed by atoms with Crippen LogP contribution in [0.25, 0.3) is 10.2 Å². The maximum atomic E-state index is 13.9. The van der Waals surface area contributed by atoms with Crippen LogP contribution in [0.5, 0.6) is 0 Å². The maximum Gasteiger partial charge on any atom is 0.348 e. The zero-order valence-electron chi connectivity index (χ0n) is 16.3. The Morgan fingerprint density at radius 1 is 1.13 bits per heavy atom. The molecule has 0 saturated heterocycles. The molecule has 0 radical (unpaired) electrons. The van der Waals surface area contributed by atoms with Gasteiger partial charge in [-0.15, -0.1) is 11.3 Å². The van der Waals surface area contributed by atoms with Crippen LogP contribution in [-0.4, -0.2) is 22.5 Å². The summed E-state index contributed by atoms with van der Waals surface area (Å²) in [5.74, 6) is -0.477. The Labute approximate surface area is 176 Å². The summed E-state index contributed by atoms with van der Waals surface area (Å²) in [6.45, 7) is 1.96. The van der Waals surface area contributed by atoms with Gasteiger partial charge in [0.1, 0.15) is 21.3 Å². The second kappa shape index (κ2) is 8.59. The molecule has 2 heterocycles. The molecule has 0 atom stereocenters. The van der Waals surface area contributed by atoms with Crippen molar-refractivity contribution in [3.63, 3.8) is 0 Å². The predicted molar refractivity (Wildman–Crippen MR) is 115 cm³/mol. The summed E-state index contributed by atoms with van der Waals surface area (Å²) in [4.78, 5) is 33.1. The molecule has 4 aromatic rings. The van der Waals surface area contributed by atoms with Crippen LogP contribution < -0.4 is 5.56 Å². The van der Waals surface area contributed by atoms with Crippen LogP contribution in [0.4, 0.5) is 4.39 Å². The quantitative estimate of drug-likeness (QED) is 0.467. The average Bonchev–Trinajstić information content (AvgIpc) is 3.07. The summed E-state index contributed by atoms with van der Waals surface area (Å²) < 4.78 is 19.3. The summed E-state index contributed by atoms with van der Waals surface area (Å²) in [5, 5.41) is 0.368. The molecule has 0 aliphatic heterocycles. The zero-order valence-corrected chi connectivity index (χ0v) is 17.1. The van der Waals surface area contributed by atoms with Crippen molar-refractivity contribution >= 4 is 27.5 Å². The van der Waals surface area contributed by atoms with Crippen molar-refractivity contribution in [3.8, 4) is 0 Å². The van der Waals surface area contributed by atoms with Crippen molar-refractivity contribution in [1.29, 1.82) is 0 Å². The number of aromatic amines is 1. The summed E-state index contributed by atoms with van der Waals surface area (Å²) in [6, 6.07) is 16.1. The molecule has 0 amide bonds. The van der Waals surface area contributed by atoms with Crippen molar-refractivity contribution in [2.24, 2.45) is 0 Å². The van der Waals surface area contributed by atoms with E-state index >= 15 is 0 Å². The normalized spacial score (nSPS) is 11.0. The fraction of sp³-hybridized carbons (Fsp3) is 0.174. The first kappa shape index (κ1) is 20.0. The molecular formula is C23H19FN2O3S. The van der Waals surface area contributed by atoms with E-state index in [1.807, 2.05) is 30.3 Å². The molecule has 0 unspecified atom stereocenters. The number of thiophene rings is 1. The third-order valence-corrected chi connectivity index (χ3v) is 5.98. The third kappa shape index (κ3) is 4.16. The Morgan fingerprint density at radius 2 is 1.87 bits per heavy atom. The minimum atomic E-state index is -0.471. The van der Waals surface area contributed by atoms with Gasteiger partial charge in [-0.25, -0.2) is 14.2 Å². The number of halogens is 1. The van der Waals surface area contributed by atoms with E-state index in [1.165, 1.54) is 6.07 Å². The third-order valence-electron chi connectivity index (χ3n) is 4.82. The minimum Gasteiger partial charge on any atom is -0.461 e. The maximum absolute atomic E-state index is 13.9. The van der Waals surface area contributed by atoms with Crippen LogP contribution in [0.3, 0.4) is 0 Å². The summed E-state index contributed by atoms with van der Waals surface area (Å²) in [6.07, 6.45) is 0.772. The summed E-state index contributed by atoms with van der Waals surface area (Å²) in [5.41, 5.74) is 1.72. The number of esters is 1. The number of carbonyl (C=O) groups is 1. The molecule has 4 rings (SSSR count). The van der Waals surface area contributed by atoms with Crippen LogP contribution in [0.1, 0.15) is 32.2 Å². The molecule has 2 aromatic carbocycles. The van der Waals surface area contributed by atoms with E-state index in [4.69, 9.17) is 4.74 Å². The van der Waals surface area contributed by atoms with Gasteiger partial charge in [-0.1, -0.05) is 48.5 Å². The highest BCUT2D eigenvalue weighted by Crippen LogP contribution is 2.28. The molecule has 0 bridgehead atoms. The summed E-state index contributed by atoms with van der Waals surface area (Å²) >= 11 is 1.12. The SMILES string of the molecule is Cc1c(C(=O)OCCc2ccccc2)sc2nc(Cc3ccccc3F)[nH]c(=O)c12. The number of nitrogens with one attached hydrogen (secondary N) is 1. The lowest BCUT2D eigenvalue weighted by molar-refractivity contribution is 0.0514. The van der Waals surface area contributed by atoms with Gasteiger partial charge in [-0.05, 0) is 29.7 Å². The fourth-order valence-electron chi connectivity index (χ4n) is 3.26. The molecule has 30 heavy (non-hydrogen) atoms. The van der Waals surface area contributed by atoms with Crippen LogP contribution >= 0.6 is 11.3 Å². The molecule has 152 valence electrons. The zero-order chi connectivity index (χ0) is 21.1. The Morgan fingerprint density at radius 3 is 2.63 bits per heavy atom. The molecule has 0 fully saturated rings. The number of fused-ring (bicyclic) bond motifs is 1. The average molecular weight is 422 g/mol. The molecule has 1 N–H and O–H groups in total. The second-order valence-corrected chi connectivity index (χ2v) is 7.89. The lowest BCUT2D eigenvalue weighted by Gasteiger charge is -2.04. The predicted octanol–water partition coefficient (Wildman–Crippen LogP) is 4.42. The summed E-state index contributed by atoms with van der Waals surface area (Å²) in [7, 11) is 0. The van der Waals surface area contributed by atoms with Gasteiger partial charge in [0.25, 0.3) is 5.56 Å². The molecular weight excluding hydrogens is 403 g/mol. The molecule has 0 aliphatic carbocycles. The Balaban J connectivity index is 1.55. The van der Waals surface area contributed by atoms with Gasteiger partial charge in [-0.3, -0.25) is 4.79 Å². The number of hydrogen-bond acceptors (Lipinski definition) is 5. The highest BCUT2D eigenvalue weighted by molar-refractivity contribution is 7.20. The molecule has 7 heteroatoms. The van der Waals surface area contributed by atoms with Crippen molar-refractivity contribution < 1.29 is 13.9 Å². The number of nitrogens with zero attached hydrogens (tertiary/aromatic N) is 1. The van der Waals surface area contributed by atoms with Crippen LogP contribution in [-0.2, 0) is 17.6 Å². The van der Waals surface area contributed by atoms with Gasteiger partial charge in [-0.2, -0.15) is 0 Å². The first-order chi connectivity index (χ1) is 14.5. The largest absolute Gasteiger partial charge is 0.461 e. The van der Waals surface area contributed by atoms with E-state index in [1.54, 1.807) is 25.1 Å². The van der Waals surface area contributed by atoms with E-state index < -0.39 is 5.97 Å². The van der Waals surface area contributed by atoms with Gasteiger partial charge in [0.2, 0.25) is 0 Å². The highest BCUT2D eigenvalue weighted by Gasteiger charge is 2.20. The number of aromatic nitrogens is 2. The van der Waals surface area contributed by atoms with Gasteiger partial charge in [0.15, 0.2) is 0 Å². The van der Waals surface area contributed by atoms with Crippen molar-refractivity contribution in [1.82, 2.24) is 9.97 Å². The standard InChI is InChI=1S/C23H19FN2O3S/c1-14-19-21(27)25-18(13-16-9-5-6-10-17(16)24)26-22(19)30-20(14)23(28)29-12-11-15-7-3-2-4-8-15/h2-10H,11-13H2,1H3,(H,25,26,27). The Kier molecular flexibility index (Phi) is 5.72. The fourth-order valence-corrected chi connectivity index (χ4v) is 4.36. The first-order valence-electron chi connectivity index (χ1n) is 9.49. The molecule has 0 aliphatic rings. The van der Waals surface area contributed by atoms with E-state index in [2.05, 4.69) is 9.97 Å². The van der Waals surface area contributed by atoms with Crippen LogP contribution in [0.15, 0.2) is 59.4 Å². The van der Waals surface area contributed by atoms with Crippen LogP contribution in [0.2, 0.25) is 0 Å². The van der Waals surface area contributed by atoms with E-state index in [-0.39, 0.29) is 24.4 Å². The number of aryl methyl sites for hydroxylation is 1. The minimum absolute atomic E-state index is 0.158. The van der Waals surface area contributed by atoms with Gasteiger partial charge < -0.3 is 9.72 Å². The molecule has 0 saturated carbocycles. The number of carbonyl (C=O) groups excluding carboxylic acids is 1. The van der Waals surface area contributed by atoms with E-state index in [9.17, 15) is 14.0 Å². The van der Waals surface area contributed by atoms with E-state index in [0.29, 0.717) is 38.5 Å². The number of H-pyrrole nitrogens is 1. The topological polar surface area (TPSA) is 72.0 Å². The number of rotatable bonds is 6. The lowest BCUT2D eigenvalue weighted by atomic mass is 10.1. The molecule has 2 aromatic heterocycles. The van der Waals surface area contributed by atoms with Crippen molar-refractivity contribution in [3.05, 3.63) is 98.2 Å². The first-order valence-corrected chi connectivity index (χ1v) is 10.3. The highest BCUT2D eigenvalue weighted by atomic mass is 32.1. The molecule has 5 nitrogen and oxygen atoms in total.